The monoisotopic (exact) mass is 332 g/mol. The largest absolute Gasteiger partial charge is 0.364 e. The normalized spacial score (nSPS) is 18.9. The molecule has 0 bridgehead atoms. The average molecular weight is 332 g/mol. The van der Waals surface area contributed by atoms with Crippen molar-refractivity contribution in [2.75, 3.05) is 11.6 Å². The van der Waals surface area contributed by atoms with Gasteiger partial charge in [-0.1, -0.05) is 16.4 Å². The number of thioether (sulfide) groups is 1. The lowest BCUT2D eigenvalue weighted by Crippen LogP contribution is -2.33. The second-order valence-corrected chi connectivity index (χ2v) is 5.60. The first-order valence-corrected chi connectivity index (χ1v) is 7.88. The van der Waals surface area contributed by atoms with Gasteiger partial charge in [0.25, 0.3) is 16.8 Å². The van der Waals surface area contributed by atoms with Crippen LogP contribution in [0.2, 0.25) is 0 Å². The summed E-state index contributed by atoms with van der Waals surface area (Å²) in [4.78, 5) is 28.1. The third kappa shape index (κ3) is 2.80. The first kappa shape index (κ1) is 15.2. The summed E-state index contributed by atoms with van der Waals surface area (Å²) in [6, 6.07) is -0.184. The molecule has 2 aliphatic rings. The maximum absolute atomic E-state index is 12.5. The highest BCUT2D eigenvalue weighted by atomic mass is 32.2. The first-order valence-electron chi connectivity index (χ1n) is 6.65. The minimum Gasteiger partial charge on any atom is -0.364 e. The number of carbonyl (C=O) groups excluding carboxylic acids is 2. The van der Waals surface area contributed by atoms with Gasteiger partial charge in [0.1, 0.15) is 0 Å². The second-order valence-electron chi connectivity index (χ2n) is 4.83. The number of nitrogens with two attached hydrogens (primary N) is 1. The third-order valence-corrected chi connectivity index (χ3v) is 3.79. The van der Waals surface area contributed by atoms with Crippen LogP contribution in [0.4, 0.5) is 5.69 Å². The van der Waals surface area contributed by atoms with Gasteiger partial charge in [-0.2, -0.15) is 5.10 Å². The zero-order valence-corrected chi connectivity index (χ0v) is 13.2. The highest BCUT2D eigenvalue weighted by Crippen LogP contribution is 2.16. The molecule has 1 unspecified atom stereocenters. The van der Waals surface area contributed by atoms with Gasteiger partial charge in [-0.3, -0.25) is 14.3 Å². The summed E-state index contributed by atoms with van der Waals surface area (Å²) >= 11 is 1.39. The van der Waals surface area contributed by atoms with Crippen LogP contribution in [-0.4, -0.2) is 55.7 Å². The number of carbonyl (C=O) groups is 2. The Labute approximate surface area is 135 Å². The van der Waals surface area contributed by atoms with Crippen LogP contribution in [0.25, 0.3) is 0 Å². The van der Waals surface area contributed by atoms with E-state index in [0.29, 0.717) is 10.9 Å². The molecule has 3 rings (SSSR count). The van der Waals surface area contributed by atoms with Crippen LogP contribution in [0.1, 0.15) is 10.5 Å². The van der Waals surface area contributed by atoms with E-state index < -0.39 is 11.8 Å². The van der Waals surface area contributed by atoms with E-state index in [1.807, 2.05) is 12.3 Å². The summed E-state index contributed by atoms with van der Waals surface area (Å²) in [5.74, 6) is -1.11. The van der Waals surface area contributed by atoms with E-state index in [9.17, 15) is 9.59 Å². The molecule has 0 radical (unpaired) electrons. The zero-order valence-electron chi connectivity index (χ0n) is 12.4. The van der Waals surface area contributed by atoms with Gasteiger partial charge in [-0.25, -0.2) is 4.99 Å². The predicted octanol–water partition coefficient (Wildman–Crippen LogP) is -0.432. The highest BCUT2D eigenvalue weighted by molar-refractivity contribution is 8.13. The molecule has 0 aromatic carbocycles. The molecule has 3 N–H and O–H groups in total. The molecule has 23 heavy (non-hydrogen) atoms. The Bertz CT molecular complexity index is 818. The van der Waals surface area contributed by atoms with E-state index in [0.717, 1.165) is 0 Å². The number of amidine groups is 1. The SMILES string of the molecule is CSC1=N[N+]2=C(C(=O)Nc3cn(C)nc3C(N)=O)C=CC2C=N1. The molecule has 2 aliphatic heterocycles. The standard InChI is InChI=1S/C13H13N7O2S/c1-19-6-8(10(17-19)11(14)21)16-12(22)9-4-3-7-5-15-13(23-2)18-20(7)9/h3-7H,1-2H3,(H2-,14,16,21,22)/p+1. The lowest BCUT2D eigenvalue weighted by atomic mass is 10.3. The fraction of sp³-hybridized carbons (Fsp3) is 0.231. The van der Waals surface area contributed by atoms with Gasteiger partial charge in [0.05, 0.1) is 11.9 Å². The lowest BCUT2D eigenvalue weighted by molar-refractivity contribution is -0.537. The molecule has 3 heterocycles. The summed E-state index contributed by atoms with van der Waals surface area (Å²) in [5.41, 5.74) is 5.88. The molecule has 1 atom stereocenters. The summed E-state index contributed by atoms with van der Waals surface area (Å²) in [5, 5.41) is 11.5. The molecule has 9 nitrogen and oxygen atoms in total. The van der Waals surface area contributed by atoms with Crippen LogP contribution in [0.5, 0.6) is 0 Å². The van der Waals surface area contributed by atoms with Crippen LogP contribution >= 0.6 is 11.8 Å². The zero-order chi connectivity index (χ0) is 16.6. The van der Waals surface area contributed by atoms with Crippen molar-refractivity contribution in [2.45, 2.75) is 6.04 Å². The van der Waals surface area contributed by atoms with E-state index >= 15 is 0 Å². The number of nitrogens with one attached hydrogen (secondary N) is 1. The number of hydrogen-bond acceptors (Lipinski definition) is 6. The van der Waals surface area contributed by atoms with Crippen molar-refractivity contribution in [3.8, 4) is 0 Å². The van der Waals surface area contributed by atoms with Gasteiger partial charge in [0.2, 0.25) is 6.04 Å². The Morgan fingerprint density at radius 2 is 2.26 bits per heavy atom. The molecular weight excluding hydrogens is 318 g/mol. The van der Waals surface area contributed by atoms with Crippen LogP contribution in [0, 0.1) is 0 Å². The molecule has 0 spiro atoms. The number of aliphatic imine (C=N–C) groups is 1. The summed E-state index contributed by atoms with van der Waals surface area (Å²) in [6.07, 6.45) is 8.57. The number of nitrogens with zero attached hydrogens (tertiary/aromatic N) is 5. The first-order chi connectivity index (χ1) is 11.0. The predicted molar refractivity (Wildman–Crippen MR) is 88.0 cm³/mol. The number of hydrazone groups is 1. The highest BCUT2D eigenvalue weighted by Gasteiger charge is 2.35. The average Bonchev–Trinajstić information content (AvgIpc) is 3.09. The van der Waals surface area contributed by atoms with Crippen molar-refractivity contribution in [1.29, 1.82) is 0 Å². The number of primary amides is 1. The number of hydrogen-bond donors (Lipinski definition) is 2. The molecule has 1 aromatic heterocycles. The van der Waals surface area contributed by atoms with Gasteiger partial charge in [-0.05, 0) is 12.3 Å². The number of aromatic nitrogens is 2. The Kier molecular flexibility index (Phi) is 3.82. The molecular formula is C13H14N7O2S+. The Morgan fingerprint density at radius 1 is 1.48 bits per heavy atom. The number of rotatable bonds is 3. The van der Waals surface area contributed by atoms with E-state index in [4.69, 9.17) is 5.73 Å². The molecule has 0 aliphatic carbocycles. The number of amides is 2. The Balaban J connectivity index is 1.90. The van der Waals surface area contributed by atoms with Gasteiger partial charge in [0, 0.05) is 24.4 Å². The molecule has 118 valence electrons. The maximum atomic E-state index is 12.5. The van der Waals surface area contributed by atoms with Crippen molar-refractivity contribution in [1.82, 2.24) is 9.78 Å². The van der Waals surface area contributed by atoms with Crippen molar-refractivity contribution >= 4 is 46.4 Å². The lowest BCUT2D eigenvalue weighted by Gasteiger charge is -2.06. The maximum Gasteiger partial charge on any atom is 0.323 e. The van der Waals surface area contributed by atoms with Crippen LogP contribution in [-0.2, 0) is 11.8 Å². The van der Waals surface area contributed by atoms with Crippen molar-refractivity contribution in [3.05, 3.63) is 24.0 Å². The molecule has 2 amide bonds. The van der Waals surface area contributed by atoms with E-state index in [-0.39, 0.29) is 17.4 Å². The number of aryl methyl sites for hydroxylation is 1. The van der Waals surface area contributed by atoms with E-state index in [1.54, 1.807) is 24.0 Å². The second kappa shape index (κ2) is 5.80. The fourth-order valence-electron chi connectivity index (χ4n) is 2.22. The molecule has 0 saturated carbocycles. The third-order valence-electron chi connectivity index (χ3n) is 3.24. The minimum atomic E-state index is -0.710. The van der Waals surface area contributed by atoms with Crippen LogP contribution in [0.3, 0.4) is 0 Å². The van der Waals surface area contributed by atoms with Gasteiger partial charge in [-0.15, -0.1) is 0 Å². The van der Waals surface area contributed by atoms with E-state index in [1.165, 1.54) is 22.6 Å². The number of anilines is 1. The van der Waals surface area contributed by atoms with Crippen molar-refractivity contribution in [3.63, 3.8) is 0 Å². The van der Waals surface area contributed by atoms with E-state index in [2.05, 4.69) is 20.5 Å². The Morgan fingerprint density at radius 3 is 2.96 bits per heavy atom. The molecule has 0 fully saturated rings. The smallest absolute Gasteiger partial charge is 0.323 e. The summed E-state index contributed by atoms with van der Waals surface area (Å²) < 4.78 is 2.99. The van der Waals surface area contributed by atoms with Gasteiger partial charge in [0.15, 0.2) is 5.69 Å². The summed E-state index contributed by atoms with van der Waals surface area (Å²) in [6.45, 7) is 0. The topological polar surface area (TPSA) is 118 Å². The van der Waals surface area contributed by atoms with Crippen LogP contribution in [0.15, 0.2) is 28.4 Å². The number of fused-ring (bicyclic) bond motifs is 1. The van der Waals surface area contributed by atoms with Gasteiger partial charge >= 0.3 is 5.91 Å². The Hall–Kier alpha value is -2.75. The van der Waals surface area contributed by atoms with Crippen molar-refractivity contribution < 1.29 is 14.3 Å². The molecule has 1 aromatic rings. The molecule has 10 heteroatoms. The minimum absolute atomic E-state index is 0.00786. The van der Waals surface area contributed by atoms with Crippen LogP contribution < -0.4 is 11.1 Å². The molecule has 0 saturated heterocycles. The summed E-state index contributed by atoms with van der Waals surface area (Å²) in [7, 11) is 1.64. The fourth-order valence-corrected chi connectivity index (χ4v) is 2.56. The quantitative estimate of drug-likeness (QED) is 0.730. The van der Waals surface area contributed by atoms with Crippen molar-refractivity contribution in [2.24, 2.45) is 22.9 Å². The van der Waals surface area contributed by atoms with Gasteiger partial charge < -0.3 is 11.1 Å².